The number of ether oxygens (including phenoxy) is 4. The second-order valence-electron chi connectivity index (χ2n) is 7.29. The Hall–Kier alpha value is -2.93. The molecule has 7 heteroatoms. The Morgan fingerprint density at radius 3 is 1.90 bits per heavy atom. The molecule has 1 N–H and O–H groups in total. The summed E-state index contributed by atoms with van der Waals surface area (Å²) in [6.07, 6.45) is 1.47. The van der Waals surface area contributed by atoms with Gasteiger partial charge in [0, 0.05) is 17.7 Å². The topological polar surface area (TPSA) is 77.5 Å². The van der Waals surface area contributed by atoms with Crippen LogP contribution in [0.5, 0.6) is 23.0 Å². The number of aliphatic carboxylic acids is 1. The third-order valence-electron chi connectivity index (χ3n) is 5.63. The highest BCUT2D eigenvalue weighted by Gasteiger charge is 2.34. The molecule has 0 aliphatic carbocycles. The van der Waals surface area contributed by atoms with Crippen LogP contribution in [0.4, 0.5) is 0 Å². The quantitative estimate of drug-likeness (QED) is 0.706. The molecule has 1 aliphatic rings. The second-order valence-corrected chi connectivity index (χ2v) is 7.29. The largest absolute Gasteiger partial charge is 0.497 e. The van der Waals surface area contributed by atoms with Gasteiger partial charge in [0.05, 0.1) is 40.4 Å². The molecule has 0 amide bonds. The molecule has 2 aromatic carbocycles. The van der Waals surface area contributed by atoms with Gasteiger partial charge in [-0.3, -0.25) is 9.69 Å². The first kappa shape index (κ1) is 21.8. The number of benzene rings is 2. The molecule has 1 heterocycles. The van der Waals surface area contributed by atoms with E-state index in [1.165, 1.54) is 0 Å². The fourth-order valence-electron chi connectivity index (χ4n) is 4.11. The minimum Gasteiger partial charge on any atom is -0.497 e. The number of carbonyl (C=O) groups is 1. The van der Waals surface area contributed by atoms with Gasteiger partial charge in [0.1, 0.15) is 23.0 Å². The molecule has 1 saturated heterocycles. The van der Waals surface area contributed by atoms with Crippen molar-refractivity contribution >= 4 is 5.97 Å². The second kappa shape index (κ2) is 9.71. The van der Waals surface area contributed by atoms with E-state index in [0.717, 1.165) is 24.1 Å². The number of piperidine rings is 1. The van der Waals surface area contributed by atoms with Gasteiger partial charge in [0.15, 0.2) is 0 Å². The van der Waals surface area contributed by atoms with E-state index in [9.17, 15) is 9.90 Å². The summed E-state index contributed by atoms with van der Waals surface area (Å²) in [6.45, 7) is 1.19. The molecule has 0 spiro atoms. The zero-order chi connectivity index (χ0) is 21.7. The Kier molecular flexibility index (Phi) is 7.05. The molecule has 1 unspecified atom stereocenters. The standard InChI is InChI=1S/C23H29NO6/c1-27-16-7-9-20(29-3)18(12-16)22(24-11-5-6-15(14-24)23(25)26)19-13-17(28-2)8-10-21(19)30-4/h7-10,12-13,15,22H,5-6,11,14H2,1-4H3,(H,25,26). The molecule has 3 rings (SSSR count). The number of likely N-dealkylation sites (tertiary alicyclic amines) is 1. The SMILES string of the molecule is COc1ccc(OC)c(C(c2cc(OC)ccc2OC)N2CCCC(C(=O)O)C2)c1. The van der Waals surface area contributed by atoms with E-state index in [4.69, 9.17) is 18.9 Å². The number of carboxylic acids is 1. The van der Waals surface area contributed by atoms with Gasteiger partial charge in [0.25, 0.3) is 0 Å². The van der Waals surface area contributed by atoms with Crippen molar-refractivity contribution in [2.75, 3.05) is 41.5 Å². The molecule has 162 valence electrons. The predicted molar refractivity (Wildman–Crippen MR) is 113 cm³/mol. The van der Waals surface area contributed by atoms with E-state index in [1.807, 2.05) is 36.4 Å². The number of methoxy groups -OCH3 is 4. The summed E-state index contributed by atoms with van der Waals surface area (Å²) in [5, 5.41) is 9.63. The molecule has 1 fully saturated rings. The maximum absolute atomic E-state index is 11.7. The molecule has 1 atom stereocenters. The van der Waals surface area contributed by atoms with E-state index < -0.39 is 11.9 Å². The van der Waals surface area contributed by atoms with Crippen molar-refractivity contribution in [1.29, 1.82) is 0 Å². The van der Waals surface area contributed by atoms with Crippen LogP contribution in [0.2, 0.25) is 0 Å². The van der Waals surface area contributed by atoms with Crippen LogP contribution < -0.4 is 18.9 Å². The third kappa shape index (κ3) is 4.46. The van der Waals surface area contributed by atoms with Gasteiger partial charge in [-0.2, -0.15) is 0 Å². The van der Waals surface area contributed by atoms with Crippen LogP contribution in [0, 0.1) is 5.92 Å². The van der Waals surface area contributed by atoms with Gasteiger partial charge >= 0.3 is 5.97 Å². The van der Waals surface area contributed by atoms with Crippen LogP contribution in [0.3, 0.4) is 0 Å². The molecule has 0 radical (unpaired) electrons. The van der Waals surface area contributed by atoms with Crippen molar-refractivity contribution in [2.24, 2.45) is 5.92 Å². The summed E-state index contributed by atoms with van der Waals surface area (Å²) in [6, 6.07) is 11.0. The Morgan fingerprint density at radius 2 is 1.47 bits per heavy atom. The Balaban J connectivity index is 2.19. The number of nitrogens with zero attached hydrogens (tertiary/aromatic N) is 1. The number of hydrogen-bond donors (Lipinski definition) is 1. The van der Waals surface area contributed by atoms with E-state index in [0.29, 0.717) is 36.0 Å². The minimum absolute atomic E-state index is 0.290. The number of hydrogen-bond acceptors (Lipinski definition) is 6. The lowest BCUT2D eigenvalue weighted by Gasteiger charge is -2.38. The van der Waals surface area contributed by atoms with Crippen molar-refractivity contribution < 1.29 is 28.8 Å². The van der Waals surface area contributed by atoms with Crippen molar-refractivity contribution in [3.63, 3.8) is 0 Å². The van der Waals surface area contributed by atoms with Crippen LogP contribution in [-0.4, -0.2) is 57.5 Å². The summed E-state index contributed by atoms with van der Waals surface area (Å²) in [5.74, 6) is 1.60. The Labute approximate surface area is 177 Å². The van der Waals surface area contributed by atoms with Gasteiger partial charge in [-0.15, -0.1) is 0 Å². The lowest BCUT2D eigenvalue weighted by molar-refractivity contribution is -0.143. The van der Waals surface area contributed by atoms with Gasteiger partial charge < -0.3 is 24.1 Å². The first-order valence-electron chi connectivity index (χ1n) is 9.93. The van der Waals surface area contributed by atoms with Crippen molar-refractivity contribution in [3.8, 4) is 23.0 Å². The highest BCUT2D eigenvalue weighted by molar-refractivity contribution is 5.70. The van der Waals surface area contributed by atoms with Crippen molar-refractivity contribution in [1.82, 2.24) is 4.90 Å². The predicted octanol–water partition coefficient (Wildman–Crippen LogP) is 3.61. The number of carboxylic acid groups (broad SMARTS) is 1. The summed E-state index contributed by atoms with van der Waals surface area (Å²) in [4.78, 5) is 13.9. The Morgan fingerprint density at radius 1 is 0.933 bits per heavy atom. The first-order chi connectivity index (χ1) is 14.5. The molecule has 0 aromatic heterocycles. The van der Waals surface area contributed by atoms with Gasteiger partial charge in [-0.05, 0) is 55.8 Å². The van der Waals surface area contributed by atoms with Crippen LogP contribution in [-0.2, 0) is 4.79 Å². The smallest absolute Gasteiger partial charge is 0.307 e. The van der Waals surface area contributed by atoms with Crippen molar-refractivity contribution in [2.45, 2.75) is 18.9 Å². The number of rotatable bonds is 8. The lowest BCUT2D eigenvalue weighted by atomic mass is 9.90. The Bertz CT molecular complexity index is 828. The zero-order valence-corrected chi connectivity index (χ0v) is 17.9. The maximum Gasteiger partial charge on any atom is 0.307 e. The van der Waals surface area contributed by atoms with Crippen LogP contribution >= 0.6 is 0 Å². The molecule has 0 bridgehead atoms. The zero-order valence-electron chi connectivity index (χ0n) is 17.9. The first-order valence-corrected chi connectivity index (χ1v) is 9.93. The summed E-state index contributed by atoms with van der Waals surface area (Å²) < 4.78 is 22.3. The van der Waals surface area contributed by atoms with E-state index in [2.05, 4.69) is 4.90 Å². The average molecular weight is 415 g/mol. The monoisotopic (exact) mass is 415 g/mol. The van der Waals surface area contributed by atoms with Gasteiger partial charge in [-0.25, -0.2) is 0 Å². The van der Waals surface area contributed by atoms with Gasteiger partial charge in [0.2, 0.25) is 0 Å². The molecule has 0 saturated carbocycles. The average Bonchev–Trinajstić information content (AvgIpc) is 2.79. The lowest BCUT2D eigenvalue weighted by Crippen LogP contribution is -2.41. The van der Waals surface area contributed by atoms with Crippen molar-refractivity contribution in [3.05, 3.63) is 47.5 Å². The highest BCUT2D eigenvalue weighted by Crippen LogP contribution is 2.43. The molecular formula is C23H29NO6. The summed E-state index contributed by atoms with van der Waals surface area (Å²) in [7, 11) is 6.49. The fourth-order valence-corrected chi connectivity index (χ4v) is 4.11. The molecule has 1 aliphatic heterocycles. The third-order valence-corrected chi connectivity index (χ3v) is 5.63. The minimum atomic E-state index is -0.770. The fraction of sp³-hybridized carbons (Fsp3) is 0.435. The van der Waals surface area contributed by atoms with Crippen LogP contribution in [0.25, 0.3) is 0 Å². The van der Waals surface area contributed by atoms with E-state index in [-0.39, 0.29) is 6.04 Å². The molecule has 7 nitrogen and oxygen atoms in total. The highest BCUT2D eigenvalue weighted by atomic mass is 16.5. The molecule has 30 heavy (non-hydrogen) atoms. The maximum atomic E-state index is 11.7. The molecule has 2 aromatic rings. The van der Waals surface area contributed by atoms with E-state index in [1.54, 1.807) is 28.4 Å². The summed E-state index contributed by atoms with van der Waals surface area (Å²) >= 11 is 0. The van der Waals surface area contributed by atoms with E-state index >= 15 is 0 Å². The van der Waals surface area contributed by atoms with Gasteiger partial charge in [-0.1, -0.05) is 0 Å². The van der Waals surface area contributed by atoms with Crippen LogP contribution in [0.1, 0.15) is 30.0 Å². The summed E-state index contributed by atoms with van der Waals surface area (Å²) in [5.41, 5.74) is 1.77. The normalized spacial score (nSPS) is 16.9. The van der Waals surface area contributed by atoms with Crippen LogP contribution in [0.15, 0.2) is 36.4 Å². The molecular weight excluding hydrogens is 386 g/mol.